The van der Waals surface area contributed by atoms with Crippen LogP contribution in [0.1, 0.15) is 56.2 Å². The molecule has 0 aliphatic rings. The Kier molecular flexibility index (Phi) is 9.63. The van der Waals surface area contributed by atoms with Crippen LogP contribution in [0.4, 0.5) is 0 Å². The van der Waals surface area contributed by atoms with Crippen LogP contribution in [-0.2, 0) is 20.1 Å². The summed E-state index contributed by atoms with van der Waals surface area (Å²) in [5, 5.41) is 5.26. The fraction of sp³-hybridized carbons (Fsp3) is 0.189. The quantitative estimate of drug-likeness (QED) is 0.135. The third-order valence-corrected chi connectivity index (χ3v) is 7.22. The molecule has 6 rings (SSSR count). The van der Waals surface area contributed by atoms with Crippen molar-refractivity contribution >= 4 is 21.5 Å². The predicted octanol–water partition coefficient (Wildman–Crippen LogP) is 9.96. The van der Waals surface area contributed by atoms with Gasteiger partial charge in [-0.25, -0.2) is 0 Å². The molecule has 0 spiro atoms. The smallest absolute Gasteiger partial charge is 0.0163 e. The average Bonchev–Trinajstić information content (AvgIpc) is 2.98. The number of aryl methyl sites for hydroxylation is 1. The van der Waals surface area contributed by atoms with Crippen LogP contribution in [0, 0.1) is 19.1 Å². The fourth-order valence-electron chi connectivity index (χ4n) is 5.25. The van der Waals surface area contributed by atoms with Crippen molar-refractivity contribution in [1.29, 1.82) is 0 Å². The SMILES string of the molecule is Cc1c(C(C)C)c2cc(-c3cc(C(C)C)ccn3)[c-]cc2c2ccccc12.[Ir].[c-]1ccccc1-c1ccccn1. The third-order valence-electron chi connectivity index (χ3n) is 7.22. The van der Waals surface area contributed by atoms with Crippen LogP contribution in [0.15, 0.2) is 103 Å². The van der Waals surface area contributed by atoms with Gasteiger partial charge in [-0.3, -0.25) is 0 Å². The van der Waals surface area contributed by atoms with E-state index in [0.29, 0.717) is 11.8 Å². The average molecular weight is 699 g/mol. The first kappa shape index (κ1) is 29.3. The molecule has 6 aromatic rings. The molecule has 0 bridgehead atoms. The minimum absolute atomic E-state index is 0. The van der Waals surface area contributed by atoms with E-state index in [0.717, 1.165) is 22.5 Å². The van der Waals surface area contributed by atoms with Gasteiger partial charge in [0, 0.05) is 32.5 Å². The number of benzene rings is 4. The molecule has 40 heavy (non-hydrogen) atoms. The molecule has 0 aliphatic carbocycles. The first-order chi connectivity index (χ1) is 18.9. The van der Waals surface area contributed by atoms with Crippen molar-refractivity contribution in [2.24, 2.45) is 0 Å². The maximum Gasteiger partial charge on any atom is 0.0163 e. The van der Waals surface area contributed by atoms with Gasteiger partial charge >= 0.3 is 0 Å². The topological polar surface area (TPSA) is 25.8 Å². The van der Waals surface area contributed by atoms with E-state index < -0.39 is 0 Å². The molecule has 2 nitrogen and oxygen atoms in total. The predicted molar refractivity (Wildman–Crippen MR) is 165 cm³/mol. The molecule has 0 fully saturated rings. The summed E-state index contributed by atoms with van der Waals surface area (Å²) in [5.41, 5.74) is 8.21. The standard InChI is InChI=1S/C26H26N.C11H8N.Ir/c1-16(2)19-12-13-27-25(15-19)20-10-11-23-22-9-7-6-8-21(22)18(5)26(17(3)4)24(23)14-20;1-2-6-10(7-3-1)11-8-4-5-9-12-11;/h6-9,11-17H,1-5H3;1-6,8-9H;/q2*-1;. The van der Waals surface area contributed by atoms with Crippen molar-refractivity contribution < 1.29 is 20.1 Å². The molecule has 0 N–H and O–H groups in total. The first-order valence-electron chi connectivity index (χ1n) is 13.6. The van der Waals surface area contributed by atoms with Crippen molar-refractivity contribution in [2.45, 2.75) is 46.5 Å². The molecule has 1 radical (unpaired) electrons. The number of rotatable bonds is 4. The largest absolute Gasteiger partial charge is 0.305 e. The van der Waals surface area contributed by atoms with Gasteiger partial charge in [-0.05, 0) is 53.2 Å². The fourth-order valence-corrected chi connectivity index (χ4v) is 5.25. The van der Waals surface area contributed by atoms with Crippen molar-refractivity contribution in [3.8, 4) is 22.5 Å². The number of aromatic nitrogens is 2. The van der Waals surface area contributed by atoms with Gasteiger partial charge in [-0.15, -0.1) is 59.7 Å². The van der Waals surface area contributed by atoms with Gasteiger partial charge in [-0.2, -0.15) is 0 Å². The molecule has 203 valence electrons. The Bertz CT molecular complexity index is 1670. The van der Waals surface area contributed by atoms with Crippen molar-refractivity contribution in [3.05, 3.63) is 132 Å². The molecule has 2 heterocycles. The Morgan fingerprint density at radius 2 is 1.32 bits per heavy atom. The van der Waals surface area contributed by atoms with E-state index in [2.05, 4.69) is 105 Å². The summed E-state index contributed by atoms with van der Waals surface area (Å²) >= 11 is 0. The molecule has 0 saturated carbocycles. The van der Waals surface area contributed by atoms with E-state index in [1.807, 2.05) is 48.7 Å². The molecular formula is C37H34IrN2-2. The molecule has 4 aromatic carbocycles. The summed E-state index contributed by atoms with van der Waals surface area (Å²) in [6.07, 6.45) is 3.70. The van der Waals surface area contributed by atoms with Crippen LogP contribution in [-0.4, -0.2) is 9.97 Å². The van der Waals surface area contributed by atoms with Crippen LogP contribution >= 0.6 is 0 Å². The van der Waals surface area contributed by atoms with Gasteiger partial charge < -0.3 is 9.97 Å². The molecule has 0 atom stereocenters. The molecule has 0 unspecified atom stereocenters. The number of hydrogen-bond donors (Lipinski definition) is 0. The van der Waals surface area contributed by atoms with Gasteiger partial charge in [0.2, 0.25) is 0 Å². The minimum atomic E-state index is 0. The van der Waals surface area contributed by atoms with E-state index in [4.69, 9.17) is 0 Å². The molecule has 0 saturated heterocycles. The number of pyridine rings is 2. The number of fused-ring (bicyclic) bond motifs is 3. The Balaban J connectivity index is 0.000000238. The van der Waals surface area contributed by atoms with E-state index in [1.165, 1.54) is 38.2 Å². The van der Waals surface area contributed by atoms with Gasteiger partial charge in [-0.1, -0.05) is 97.4 Å². The summed E-state index contributed by atoms with van der Waals surface area (Å²) in [4.78, 5) is 8.84. The van der Waals surface area contributed by atoms with Gasteiger partial charge in [0.05, 0.1) is 0 Å². The second-order valence-electron chi connectivity index (χ2n) is 10.5. The zero-order valence-corrected chi connectivity index (χ0v) is 26.1. The summed E-state index contributed by atoms with van der Waals surface area (Å²) < 4.78 is 0. The van der Waals surface area contributed by atoms with Crippen LogP contribution in [0.25, 0.3) is 44.1 Å². The molecular weight excluding hydrogens is 665 g/mol. The Hall–Kier alpha value is -3.65. The molecule has 2 aromatic heterocycles. The van der Waals surface area contributed by atoms with Crippen LogP contribution in [0.3, 0.4) is 0 Å². The molecule has 3 heteroatoms. The van der Waals surface area contributed by atoms with E-state index in [-0.39, 0.29) is 20.1 Å². The zero-order chi connectivity index (χ0) is 27.4. The second-order valence-corrected chi connectivity index (χ2v) is 10.5. The zero-order valence-electron chi connectivity index (χ0n) is 23.7. The summed E-state index contributed by atoms with van der Waals surface area (Å²) in [7, 11) is 0. The summed E-state index contributed by atoms with van der Waals surface area (Å²) in [5.74, 6) is 0.951. The monoisotopic (exact) mass is 699 g/mol. The normalized spacial score (nSPS) is 10.9. The minimum Gasteiger partial charge on any atom is -0.305 e. The van der Waals surface area contributed by atoms with Crippen molar-refractivity contribution in [2.75, 3.05) is 0 Å². The van der Waals surface area contributed by atoms with Crippen molar-refractivity contribution in [3.63, 3.8) is 0 Å². The van der Waals surface area contributed by atoms with Gasteiger partial charge in [0.1, 0.15) is 0 Å². The Morgan fingerprint density at radius 1 is 0.600 bits per heavy atom. The van der Waals surface area contributed by atoms with E-state index in [9.17, 15) is 0 Å². The summed E-state index contributed by atoms with van der Waals surface area (Å²) in [6, 6.07) is 37.8. The van der Waals surface area contributed by atoms with Crippen LogP contribution in [0.5, 0.6) is 0 Å². The second kappa shape index (κ2) is 13.1. The van der Waals surface area contributed by atoms with E-state index >= 15 is 0 Å². The summed E-state index contributed by atoms with van der Waals surface area (Å²) in [6.45, 7) is 11.3. The van der Waals surface area contributed by atoms with Crippen LogP contribution in [0.2, 0.25) is 0 Å². The van der Waals surface area contributed by atoms with Gasteiger partial charge in [0.15, 0.2) is 0 Å². The Morgan fingerprint density at radius 3 is 2.00 bits per heavy atom. The number of nitrogens with zero attached hydrogens (tertiary/aromatic N) is 2. The number of hydrogen-bond acceptors (Lipinski definition) is 2. The maximum absolute atomic E-state index is 4.63. The Labute approximate surface area is 251 Å². The van der Waals surface area contributed by atoms with Gasteiger partial charge in [0.25, 0.3) is 0 Å². The van der Waals surface area contributed by atoms with Crippen LogP contribution < -0.4 is 0 Å². The van der Waals surface area contributed by atoms with Crippen molar-refractivity contribution in [1.82, 2.24) is 9.97 Å². The maximum atomic E-state index is 4.63. The molecule has 0 amide bonds. The third kappa shape index (κ3) is 6.22. The first-order valence-corrected chi connectivity index (χ1v) is 13.6. The van der Waals surface area contributed by atoms with E-state index in [1.54, 1.807) is 6.20 Å². The molecule has 0 aliphatic heterocycles.